The van der Waals surface area contributed by atoms with Crippen LogP contribution in [0, 0.1) is 0 Å². The predicted molar refractivity (Wildman–Crippen MR) is 61.2 cm³/mol. The topological polar surface area (TPSA) is 29.9 Å². The standard InChI is InChI=1S/C10H12BrN3/c1-12-6-7-4-3-5-8-9(7)10(11)13-14(8)2/h3-5,12H,6H2,1-2H3. The maximum atomic E-state index is 4.34. The largest absolute Gasteiger partial charge is 0.316 e. The molecule has 0 radical (unpaired) electrons. The minimum absolute atomic E-state index is 0.863. The summed E-state index contributed by atoms with van der Waals surface area (Å²) >= 11 is 3.48. The van der Waals surface area contributed by atoms with Gasteiger partial charge in [0.15, 0.2) is 0 Å². The van der Waals surface area contributed by atoms with Crippen LogP contribution in [0.15, 0.2) is 22.8 Å². The smallest absolute Gasteiger partial charge is 0.136 e. The minimum atomic E-state index is 0.863. The Morgan fingerprint density at radius 1 is 1.50 bits per heavy atom. The zero-order chi connectivity index (χ0) is 10.1. The van der Waals surface area contributed by atoms with Crippen LogP contribution in [0.5, 0.6) is 0 Å². The first-order valence-electron chi connectivity index (χ1n) is 4.48. The maximum absolute atomic E-state index is 4.34. The Kier molecular flexibility index (Phi) is 2.56. The number of hydrogen-bond acceptors (Lipinski definition) is 2. The van der Waals surface area contributed by atoms with Crippen molar-refractivity contribution in [1.29, 1.82) is 0 Å². The van der Waals surface area contributed by atoms with Crippen LogP contribution in [0.2, 0.25) is 0 Å². The van der Waals surface area contributed by atoms with E-state index in [9.17, 15) is 0 Å². The summed E-state index contributed by atoms with van der Waals surface area (Å²) in [5, 5.41) is 8.69. The van der Waals surface area contributed by atoms with Crippen LogP contribution in [0.3, 0.4) is 0 Å². The van der Waals surface area contributed by atoms with Gasteiger partial charge in [-0.05, 0) is 34.6 Å². The van der Waals surface area contributed by atoms with E-state index >= 15 is 0 Å². The van der Waals surface area contributed by atoms with Gasteiger partial charge in [-0.2, -0.15) is 5.10 Å². The molecule has 1 N–H and O–H groups in total. The second-order valence-electron chi connectivity index (χ2n) is 3.26. The van der Waals surface area contributed by atoms with E-state index in [1.54, 1.807) is 0 Å². The van der Waals surface area contributed by atoms with Crippen molar-refractivity contribution in [1.82, 2.24) is 15.1 Å². The molecule has 0 aliphatic carbocycles. The van der Waals surface area contributed by atoms with E-state index in [4.69, 9.17) is 0 Å². The van der Waals surface area contributed by atoms with Crippen LogP contribution in [-0.4, -0.2) is 16.8 Å². The highest BCUT2D eigenvalue weighted by Crippen LogP contribution is 2.26. The van der Waals surface area contributed by atoms with E-state index in [1.807, 2.05) is 18.8 Å². The molecule has 0 amide bonds. The first-order valence-corrected chi connectivity index (χ1v) is 5.28. The van der Waals surface area contributed by atoms with E-state index in [2.05, 4.69) is 44.5 Å². The molecule has 74 valence electrons. The third-order valence-corrected chi connectivity index (χ3v) is 2.84. The lowest BCUT2D eigenvalue weighted by molar-refractivity contribution is 0.788. The molecule has 1 heterocycles. The van der Waals surface area contributed by atoms with Crippen LogP contribution in [0.4, 0.5) is 0 Å². The van der Waals surface area contributed by atoms with Crippen molar-refractivity contribution >= 4 is 26.8 Å². The number of halogens is 1. The number of nitrogens with zero attached hydrogens (tertiary/aromatic N) is 2. The summed E-state index contributed by atoms with van der Waals surface area (Å²) in [6.07, 6.45) is 0. The Hall–Kier alpha value is -0.870. The normalized spacial score (nSPS) is 11.1. The Morgan fingerprint density at radius 2 is 2.29 bits per heavy atom. The first kappa shape index (κ1) is 9.68. The second kappa shape index (κ2) is 3.71. The molecule has 1 aromatic heterocycles. The van der Waals surface area contributed by atoms with Gasteiger partial charge in [0.05, 0.1) is 5.52 Å². The quantitative estimate of drug-likeness (QED) is 0.888. The highest BCUT2D eigenvalue weighted by molar-refractivity contribution is 9.10. The SMILES string of the molecule is CNCc1cccc2c1c(Br)nn2C. The van der Waals surface area contributed by atoms with Crippen LogP contribution < -0.4 is 5.32 Å². The Morgan fingerprint density at radius 3 is 3.00 bits per heavy atom. The number of fused-ring (bicyclic) bond motifs is 1. The number of aromatic nitrogens is 2. The van der Waals surface area contributed by atoms with Gasteiger partial charge in [-0.3, -0.25) is 4.68 Å². The molecule has 0 atom stereocenters. The summed E-state index contributed by atoms with van der Waals surface area (Å²) in [5.41, 5.74) is 2.43. The van der Waals surface area contributed by atoms with Crippen molar-refractivity contribution in [2.75, 3.05) is 7.05 Å². The van der Waals surface area contributed by atoms with Crippen molar-refractivity contribution in [3.05, 3.63) is 28.4 Å². The number of rotatable bonds is 2. The van der Waals surface area contributed by atoms with E-state index in [-0.39, 0.29) is 0 Å². The van der Waals surface area contributed by atoms with Gasteiger partial charge in [-0.25, -0.2) is 0 Å². The highest BCUT2D eigenvalue weighted by atomic mass is 79.9. The van der Waals surface area contributed by atoms with E-state index in [0.717, 1.165) is 16.7 Å². The molecule has 14 heavy (non-hydrogen) atoms. The maximum Gasteiger partial charge on any atom is 0.136 e. The van der Waals surface area contributed by atoms with Crippen molar-refractivity contribution in [3.63, 3.8) is 0 Å². The average Bonchev–Trinajstić information content (AvgIpc) is 2.44. The molecule has 0 unspecified atom stereocenters. The average molecular weight is 254 g/mol. The third kappa shape index (κ3) is 1.44. The fourth-order valence-corrected chi connectivity index (χ4v) is 2.36. The highest BCUT2D eigenvalue weighted by Gasteiger charge is 2.09. The lowest BCUT2D eigenvalue weighted by Gasteiger charge is -2.02. The lowest BCUT2D eigenvalue weighted by Crippen LogP contribution is -2.05. The molecule has 0 saturated heterocycles. The molecule has 1 aromatic carbocycles. The monoisotopic (exact) mass is 253 g/mol. The summed E-state index contributed by atoms with van der Waals surface area (Å²) in [7, 11) is 3.90. The summed E-state index contributed by atoms with van der Waals surface area (Å²) in [6, 6.07) is 6.25. The zero-order valence-electron chi connectivity index (χ0n) is 8.21. The summed E-state index contributed by atoms with van der Waals surface area (Å²) in [5.74, 6) is 0. The second-order valence-corrected chi connectivity index (χ2v) is 4.01. The van der Waals surface area contributed by atoms with Crippen molar-refractivity contribution in [3.8, 4) is 0 Å². The van der Waals surface area contributed by atoms with Gasteiger partial charge < -0.3 is 5.32 Å². The first-order chi connectivity index (χ1) is 6.74. The number of nitrogens with one attached hydrogen (secondary N) is 1. The Balaban J connectivity index is 2.72. The fourth-order valence-electron chi connectivity index (χ4n) is 1.67. The molecule has 0 aliphatic rings. The zero-order valence-corrected chi connectivity index (χ0v) is 9.80. The van der Waals surface area contributed by atoms with E-state index in [1.165, 1.54) is 10.9 Å². The Bertz CT molecular complexity index is 462. The van der Waals surface area contributed by atoms with Gasteiger partial charge in [-0.1, -0.05) is 12.1 Å². The number of hydrogen-bond donors (Lipinski definition) is 1. The van der Waals surface area contributed by atoms with Gasteiger partial charge in [0, 0.05) is 19.0 Å². The minimum Gasteiger partial charge on any atom is -0.316 e. The van der Waals surface area contributed by atoms with Crippen LogP contribution in [0.25, 0.3) is 10.9 Å². The van der Waals surface area contributed by atoms with Gasteiger partial charge in [-0.15, -0.1) is 0 Å². The molecule has 0 aliphatic heterocycles. The molecule has 0 fully saturated rings. The molecule has 2 aromatic rings. The fraction of sp³-hybridized carbons (Fsp3) is 0.300. The number of benzene rings is 1. The molecule has 2 rings (SSSR count). The summed E-state index contributed by atoms with van der Waals surface area (Å²) in [6.45, 7) is 0.863. The van der Waals surface area contributed by atoms with Crippen LogP contribution in [0.1, 0.15) is 5.56 Å². The molecule has 0 bridgehead atoms. The molecular formula is C10H12BrN3. The van der Waals surface area contributed by atoms with Gasteiger partial charge >= 0.3 is 0 Å². The molecule has 4 heteroatoms. The number of aryl methyl sites for hydroxylation is 1. The van der Waals surface area contributed by atoms with Gasteiger partial charge in [0.25, 0.3) is 0 Å². The van der Waals surface area contributed by atoms with Crippen molar-refractivity contribution in [2.24, 2.45) is 7.05 Å². The lowest BCUT2D eigenvalue weighted by atomic mass is 10.1. The van der Waals surface area contributed by atoms with E-state index in [0.29, 0.717) is 0 Å². The predicted octanol–water partition coefficient (Wildman–Crippen LogP) is 2.06. The van der Waals surface area contributed by atoms with Gasteiger partial charge in [0.2, 0.25) is 0 Å². The van der Waals surface area contributed by atoms with E-state index < -0.39 is 0 Å². The van der Waals surface area contributed by atoms with Crippen molar-refractivity contribution < 1.29 is 0 Å². The molecule has 0 saturated carbocycles. The Labute approximate surface area is 91.2 Å². The van der Waals surface area contributed by atoms with Crippen molar-refractivity contribution in [2.45, 2.75) is 6.54 Å². The summed E-state index contributed by atoms with van der Waals surface area (Å²) < 4.78 is 2.80. The third-order valence-electron chi connectivity index (χ3n) is 2.29. The summed E-state index contributed by atoms with van der Waals surface area (Å²) in [4.78, 5) is 0. The molecular weight excluding hydrogens is 242 g/mol. The van der Waals surface area contributed by atoms with Gasteiger partial charge in [0.1, 0.15) is 4.60 Å². The molecule has 3 nitrogen and oxygen atoms in total. The molecule has 0 spiro atoms. The van der Waals surface area contributed by atoms with Crippen LogP contribution in [-0.2, 0) is 13.6 Å². The van der Waals surface area contributed by atoms with Crippen LogP contribution >= 0.6 is 15.9 Å².